The van der Waals surface area contributed by atoms with Gasteiger partial charge >= 0.3 is 0 Å². The molecule has 0 amide bonds. The summed E-state index contributed by atoms with van der Waals surface area (Å²) in [5.41, 5.74) is 0. The monoisotopic (exact) mass is 168 g/mol. The maximum Gasteiger partial charge on any atom is 0.161 e. The van der Waals surface area contributed by atoms with Gasteiger partial charge in [0.15, 0.2) is 11.5 Å². The van der Waals surface area contributed by atoms with Crippen LogP contribution < -0.4 is 4.74 Å². The van der Waals surface area contributed by atoms with E-state index < -0.39 is 0 Å². The van der Waals surface area contributed by atoms with Crippen LogP contribution in [0.3, 0.4) is 0 Å². The molecule has 0 fully saturated rings. The van der Waals surface area contributed by atoms with E-state index in [1.165, 1.54) is 0 Å². The van der Waals surface area contributed by atoms with Gasteiger partial charge in [0, 0.05) is 0 Å². The molecule has 1 unspecified atom stereocenters. The predicted molar refractivity (Wildman–Crippen MR) is 45.3 cm³/mol. The Balaban J connectivity index is 2.69. The van der Waals surface area contributed by atoms with E-state index in [2.05, 4.69) is 0 Å². The fourth-order valence-corrected chi connectivity index (χ4v) is 0.811. The van der Waals surface area contributed by atoms with Crippen LogP contribution in [0.15, 0.2) is 24.3 Å². The quantitative estimate of drug-likeness (QED) is 0.711. The number of aliphatic hydroxyl groups excluding tert-OH is 1. The van der Waals surface area contributed by atoms with Crippen molar-refractivity contribution in [1.29, 1.82) is 0 Å². The van der Waals surface area contributed by atoms with Gasteiger partial charge in [-0.25, -0.2) is 0 Å². The second kappa shape index (κ2) is 3.97. The smallest absolute Gasteiger partial charge is 0.161 e. The third kappa shape index (κ3) is 2.13. The first-order valence-electron chi connectivity index (χ1n) is 3.79. The molecule has 1 aromatic carbocycles. The summed E-state index contributed by atoms with van der Waals surface area (Å²) in [6, 6.07) is 6.67. The summed E-state index contributed by atoms with van der Waals surface area (Å²) < 4.78 is 5.19. The molecule has 0 bridgehead atoms. The number of benzene rings is 1. The molecule has 1 rings (SSSR count). The van der Waals surface area contributed by atoms with Gasteiger partial charge in [-0.15, -0.1) is 0 Å². The zero-order valence-electron chi connectivity index (χ0n) is 6.90. The predicted octanol–water partition coefficient (Wildman–Crippen LogP) is 1.15. The number of aromatic hydroxyl groups is 1. The van der Waals surface area contributed by atoms with Crippen LogP contribution in [0.4, 0.5) is 0 Å². The molecule has 3 nitrogen and oxygen atoms in total. The number of phenolic OH excluding ortho intramolecular Hbond substituents is 1. The molecule has 12 heavy (non-hydrogen) atoms. The highest BCUT2D eigenvalue weighted by Crippen LogP contribution is 2.25. The zero-order valence-corrected chi connectivity index (χ0v) is 6.90. The van der Waals surface area contributed by atoms with Gasteiger partial charge in [-0.05, 0) is 19.1 Å². The van der Waals surface area contributed by atoms with Crippen molar-refractivity contribution in [2.45, 2.75) is 13.0 Å². The van der Waals surface area contributed by atoms with Crippen LogP contribution in [0.25, 0.3) is 0 Å². The Hall–Kier alpha value is -1.22. The lowest BCUT2D eigenvalue weighted by Gasteiger charge is -2.12. The average Bonchev–Trinajstić information content (AvgIpc) is 2.09. The summed E-state index contributed by atoms with van der Waals surface area (Å²) in [5.74, 6) is 0.497. The van der Waals surface area contributed by atoms with E-state index in [-0.39, 0.29) is 18.5 Å². The number of aliphatic hydroxyl groups is 1. The average molecular weight is 168 g/mol. The fraction of sp³-hybridized carbons (Fsp3) is 0.333. The van der Waals surface area contributed by atoms with Crippen molar-refractivity contribution in [2.24, 2.45) is 0 Å². The molecule has 2 N–H and O–H groups in total. The standard InChI is InChI=1S/C9H12O3/c1-7(6-10)12-9-5-3-2-4-8(9)11/h2-5,7,10-11H,6H2,1H3. The first-order valence-corrected chi connectivity index (χ1v) is 3.79. The fourth-order valence-electron chi connectivity index (χ4n) is 0.811. The van der Waals surface area contributed by atoms with E-state index in [1.807, 2.05) is 0 Å². The normalized spacial score (nSPS) is 12.5. The maximum atomic E-state index is 9.25. The number of phenols is 1. The second-order valence-electron chi connectivity index (χ2n) is 2.58. The molecule has 0 aliphatic carbocycles. The van der Waals surface area contributed by atoms with Crippen LogP contribution in [0.1, 0.15) is 6.92 Å². The van der Waals surface area contributed by atoms with Gasteiger partial charge in [-0.1, -0.05) is 12.1 Å². The van der Waals surface area contributed by atoms with E-state index in [1.54, 1.807) is 31.2 Å². The highest BCUT2D eigenvalue weighted by Gasteiger charge is 2.04. The Morgan fingerprint density at radius 2 is 2.08 bits per heavy atom. The Bertz CT molecular complexity index is 247. The van der Waals surface area contributed by atoms with E-state index in [0.717, 1.165) is 0 Å². The summed E-state index contributed by atoms with van der Waals surface area (Å²) in [6.45, 7) is 1.67. The lowest BCUT2D eigenvalue weighted by atomic mass is 10.3. The van der Waals surface area contributed by atoms with Crippen molar-refractivity contribution in [2.75, 3.05) is 6.61 Å². The molecule has 0 aliphatic heterocycles. The summed E-state index contributed by atoms with van der Waals surface area (Å²) >= 11 is 0. The lowest BCUT2D eigenvalue weighted by Crippen LogP contribution is -2.16. The molecule has 1 atom stereocenters. The highest BCUT2D eigenvalue weighted by atomic mass is 16.5. The molecular formula is C9H12O3. The number of para-hydroxylation sites is 2. The van der Waals surface area contributed by atoms with Crippen molar-refractivity contribution >= 4 is 0 Å². The summed E-state index contributed by atoms with van der Waals surface area (Å²) in [5, 5.41) is 17.9. The third-order valence-electron chi connectivity index (χ3n) is 1.45. The Morgan fingerprint density at radius 1 is 1.42 bits per heavy atom. The van der Waals surface area contributed by atoms with Gasteiger partial charge in [-0.3, -0.25) is 0 Å². The van der Waals surface area contributed by atoms with Crippen LogP contribution in [0.5, 0.6) is 11.5 Å². The van der Waals surface area contributed by atoms with E-state index in [4.69, 9.17) is 9.84 Å². The van der Waals surface area contributed by atoms with Crippen molar-refractivity contribution in [3.63, 3.8) is 0 Å². The van der Waals surface area contributed by atoms with Gasteiger partial charge in [0.1, 0.15) is 6.10 Å². The van der Waals surface area contributed by atoms with Crippen LogP contribution in [0, 0.1) is 0 Å². The molecule has 0 saturated carbocycles. The minimum Gasteiger partial charge on any atom is -0.504 e. The van der Waals surface area contributed by atoms with Gasteiger partial charge in [0.05, 0.1) is 6.61 Å². The van der Waals surface area contributed by atoms with Crippen molar-refractivity contribution < 1.29 is 14.9 Å². The summed E-state index contributed by atoms with van der Waals surface area (Å²) in [6.07, 6.45) is -0.293. The SMILES string of the molecule is CC(CO)Oc1ccccc1O. The number of rotatable bonds is 3. The molecule has 0 heterocycles. The first-order chi connectivity index (χ1) is 5.74. The van der Waals surface area contributed by atoms with Crippen LogP contribution in [-0.2, 0) is 0 Å². The summed E-state index contributed by atoms with van der Waals surface area (Å²) in [4.78, 5) is 0. The Kier molecular flexibility index (Phi) is 2.94. The summed E-state index contributed by atoms with van der Waals surface area (Å²) in [7, 11) is 0. The Morgan fingerprint density at radius 3 is 2.67 bits per heavy atom. The largest absolute Gasteiger partial charge is 0.504 e. The minimum atomic E-state index is -0.293. The molecule has 0 saturated heterocycles. The minimum absolute atomic E-state index is 0.0612. The van der Waals surface area contributed by atoms with E-state index in [0.29, 0.717) is 5.75 Å². The molecule has 3 heteroatoms. The molecule has 0 aromatic heterocycles. The molecule has 1 aromatic rings. The third-order valence-corrected chi connectivity index (χ3v) is 1.45. The Labute approximate surface area is 71.2 Å². The van der Waals surface area contributed by atoms with Crippen LogP contribution in [-0.4, -0.2) is 22.9 Å². The molecule has 0 spiro atoms. The van der Waals surface area contributed by atoms with Crippen LogP contribution >= 0.6 is 0 Å². The highest BCUT2D eigenvalue weighted by molar-refractivity contribution is 5.37. The van der Waals surface area contributed by atoms with Crippen molar-refractivity contribution in [3.05, 3.63) is 24.3 Å². The molecular weight excluding hydrogens is 156 g/mol. The van der Waals surface area contributed by atoms with Crippen LogP contribution in [0.2, 0.25) is 0 Å². The van der Waals surface area contributed by atoms with Crippen molar-refractivity contribution in [1.82, 2.24) is 0 Å². The number of ether oxygens (including phenoxy) is 1. The van der Waals surface area contributed by atoms with Crippen molar-refractivity contribution in [3.8, 4) is 11.5 Å². The molecule has 0 aliphatic rings. The lowest BCUT2D eigenvalue weighted by molar-refractivity contribution is 0.126. The van der Waals surface area contributed by atoms with E-state index in [9.17, 15) is 5.11 Å². The van der Waals surface area contributed by atoms with Gasteiger partial charge in [-0.2, -0.15) is 0 Å². The molecule has 66 valence electrons. The van der Waals surface area contributed by atoms with Gasteiger partial charge in [0.25, 0.3) is 0 Å². The second-order valence-corrected chi connectivity index (χ2v) is 2.58. The topological polar surface area (TPSA) is 49.7 Å². The first kappa shape index (κ1) is 8.87. The van der Waals surface area contributed by atoms with E-state index >= 15 is 0 Å². The number of hydrogen-bond donors (Lipinski definition) is 2. The zero-order chi connectivity index (χ0) is 8.97. The number of hydrogen-bond acceptors (Lipinski definition) is 3. The van der Waals surface area contributed by atoms with Gasteiger partial charge < -0.3 is 14.9 Å². The maximum absolute atomic E-state index is 9.25. The molecule has 0 radical (unpaired) electrons. The van der Waals surface area contributed by atoms with Gasteiger partial charge in [0.2, 0.25) is 0 Å².